The molecular formula is C10H26B2S2. The lowest BCUT2D eigenvalue weighted by molar-refractivity contribution is 0.799. The quantitative estimate of drug-likeness (QED) is 0.540. The van der Waals surface area contributed by atoms with Gasteiger partial charge in [-0.2, -0.15) is 23.5 Å². The SMILES string of the molecule is BB.CC(C)(C)SCCSC(C)(C)C. The molecular weight excluding hydrogens is 206 g/mol. The van der Waals surface area contributed by atoms with Gasteiger partial charge < -0.3 is 0 Å². The average molecular weight is 232 g/mol. The molecule has 0 heterocycles. The highest BCUT2D eigenvalue weighted by Crippen LogP contribution is 2.28. The molecule has 0 aliphatic rings. The molecule has 0 rings (SSSR count). The molecule has 0 fully saturated rings. The van der Waals surface area contributed by atoms with Gasteiger partial charge in [0.05, 0.1) is 15.5 Å². The lowest BCUT2D eigenvalue weighted by Crippen LogP contribution is -2.12. The second kappa shape index (κ2) is 8.04. The highest BCUT2D eigenvalue weighted by molar-refractivity contribution is 8.04. The van der Waals surface area contributed by atoms with E-state index in [-0.39, 0.29) is 0 Å². The van der Waals surface area contributed by atoms with Crippen molar-refractivity contribution in [2.75, 3.05) is 11.5 Å². The van der Waals surface area contributed by atoms with Gasteiger partial charge in [-0.1, -0.05) is 41.5 Å². The minimum absolute atomic E-state index is 0.429. The summed E-state index contributed by atoms with van der Waals surface area (Å²) in [6.07, 6.45) is 0. The summed E-state index contributed by atoms with van der Waals surface area (Å²) in [6.45, 7) is 13.7. The third kappa shape index (κ3) is 18.6. The Morgan fingerprint density at radius 3 is 1.07 bits per heavy atom. The Morgan fingerprint density at radius 2 is 0.929 bits per heavy atom. The van der Waals surface area contributed by atoms with Crippen LogP contribution < -0.4 is 0 Å². The van der Waals surface area contributed by atoms with Gasteiger partial charge in [-0.3, -0.25) is 0 Å². The van der Waals surface area contributed by atoms with Crippen LogP contribution >= 0.6 is 23.5 Å². The Balaban J connectivity index is 0. The van der Waals surface area contributed by atoms with Crippen LogP contribution in [-0.2, 0) is 0 Å². The maximum Gasteiger partial charge on any atom is 0.0643 e. The van der Waals surface area contributed by atoms with Gasteiger partial charge in [0.25, 0.3) is 0 Å². The number of thioether (sulfide) groups is 2. The molecule has 0 saturated carbocycles. The zero-order valence-corrected chi connectivity index (χ0v) is 12.9. The van der Waals surface area contributed by atoms with Crippen LogP contribution in [0.25, 0.3) is 0 Å². The molecule has 0 saturated heterocycles. The monoisotopic (exact) mass is 232 g/mol. The number of rotatable bonds is 3. The highest BCUT2D eigenvalue weighted by Gasteiger charge is 2.13. The molecule has 0 aromatic rings. The fourth-order valence-electron chi connectivity index (χ4n) is 0.696. The van der Waals surface area contributed by atoms with Crippen molar-refractivity contribution < 1.29 is 0 Å². The maximum atomic E-state index is 2.28. The van der Waals surface area contributed by atoms with E-state index in [4.69, 9.17) is 0 Å². The van der Waals surface area contributed by atoms with Crippen LogP contribution in [0.3, 0.4) is 0 Å². The Labute approximate surface area is 102 Å². The van der Waals surface area contributed by atoms with Crippen molar-refractivity contribution in [3.63, 3.8) is 0 Å². The fraction of sp³-hybridized carbons (Fsp3) is 1.00. The molecule has 0 radical (unpaired) electrons. The average Bonchev–Trinajstić information content (AvgIpc) is 1.99. The molecule has 14 heavy (non-hydrogen) atoms. The number of hydrogen-bond acceptors (Lipinski definition) is 2. The van der Waals surface area contributed by atoms with Gasteiger partial charge in [-0.05, 0) is 0 Å². The Morgan fingerprint density at radius 1 is 0.714 bits per heavy atom. The van der Waals surface area contributed by atoms with Crippen molar-refractivity contribution in [1.82, 2.24) is 0 Å². The second-order valence-electron chi connectivity index (χ2n) is 4.92. The minimum Gasteiger partial charge on any atom is -0.155 e. The van der Waals surface area contributed by atoms with E-state index in [1.54, 1.807) is 0 Å². The molecule has 0 N–H and O–H groups in total. The molecule has 0 spiro atoms. The van der Waals surface area contributed by atoms with E-state index in [2.05, 4.69) is 65.1 Å². The van der Waals surface area contributed by atoms with Gasteiger partial charge in [0.2, 0.25) is 0 Å². The highest BCUT2D eigenvalue weighted by atomic mass is 32.2. The molecule has 84 valence electrons. The lowest BCUT2D eigenvalue weighted by Gasteiger charge is -2.20. The Hall–Kier alpha value is 0.830. The summed E-state index contributed by atoms with van der Waals surface area (Å²) < 4.78 is 0.858. The summed E-state index contributed by atoms with van der Waals surface area (Å²) in [5, 5.41) is 0. The summed E-state index contributed by atoms with van der Waals surface area (Å²) in [5.74, 6) is 2.54. The van der Waals surface area contributed by atoms with Crippen molar-refractivity contribution in [1.29, 1.82) is 0 Å². The van der Waals surface area contributed by atoms with E-state index in [9.17, 15) is 0 Å². The van der Waals surface area contributed by atoms with E-state index >= 15 is 0 Å². The Bertz CT molecular complexity index is 109. The third-order valence-corrected chi connectivity index (χ3v) is 3.96. The summed E-state index contributed by atoms with van der Waals surface area (Å²) in [7, 11) is 4.00. The Kier molecular flexibility index (Phi) is 9.89. The normalized spacial score (nSPS) is 11.9. The van der Waals surface area contributed by atoms with Crippen LogP contribution in [0, 0.1) is 0 Å². The molecule has 0 bridgehead atoms. The standard InChI is InChI=1S/C10H22S2.B2H4/c1-9(2,3)11-7-8-12-10(4,5)6;1-2/h7-8H2,1-6H3;1-2H2. The van der Waals surface area contributed by atoms with Gasteiger partial charge in [-0.15, -0.1) is 0 Å². The molecule has 0 atom stereocenters. The van der Waals surface area contributed by atoms with Gasteiger partial charge in [0.1, 0.15) is 0 Å². The molecule has 0 unspecified atom stereocenters. The predicted molar refractivity (Wildman–Crippen MR) is 81.5 cm³/mol. The third-order valence-electron chi connectivity index (χ3n) is 1.15. The van der Waals surface area contributed by atoms with E-state index in [1.165, 1.54) is 11.5 Å². The molecule has 0 amide bonds. The van der Waals surface area contributed by atoms with Gasteiger partial charge in [-0.25, -0.2) is 0 Å². The van der Waals surface area contributed by atoms with Crippen LogP contribution in [0.5, 0.6) is 0 Å². The van der Waals surface area contributed by atoms with Crippen molar-refractivity contribution in [2.45, 2.75) is 51.0 Å². The fourth-order valence-corrected chi connectivity index (χ4v) is 2.59. The molecule has 0 aliphatic carbocycles. The van der Waals surface area contributed by atoms with Gasteiger partial charge in [0.15, 0.2) is 0 Å². The zero-order valence-electron chi connectivity index (χ0n) is 11.2. The van der Waals surface area contributed by atoms with Crippen molar-refractivity contribution in [3.8, 4) is 0 Å². The van der Waals surface area contributed by atoms with Crippen molar-refractivity contribution >= 4 is 39.0 Å². The molecule has 0 nitrogen and oxygen atoms in total. The second-order valence-corrected chi connectivity index (χ2v) is 8.77. The van der Waals surface area contributed by atoms with Crippen LogP contribution in [0.15, 0.2) is 0 Å². The minimum atomic E-state index is 0.429. The van der Waals surface area contributed by atoms with E-state index in [0.717, 1.165) is 0 Å². The first kappa shape index (κ1) is 17.2. The van der Waals surface area contributed by atoms with Crippen LogP contribution in [0.4, 0.5) is 0 Å². The first-order valence-corrected chi connectivity index (χ1v) is 7.46. The summed E-state index contributed by atoms with van der Waals surface area (Å²) in [5.41, 5.74) is 0. The topological polar surface area (TPSA) is 0 Å². The smallest absolute Gasteiger partial charge is 0.0643 e. The van der Waals surface area contributed by atoms with Crippen molar-refractivity contribution in [2.24, 2.45) is 0 Å². The predicted octanol–water partition coefficient (Wildman–Crippen LogP) is 2.22. The molecule has 0 aliphatic heterocycles. The zero-order chi connectivity index (χ0) is 11.8. The first-order valence-electron chi connectivity index (χ1n) is 5.49. The largest absolute Gasteiger partial charge is 0.155 e. The maximum absolute atomic E-state index is 2.28. The van der Waals surface area contributed by atoms with Gasteiger partial charge in [0, 0.05) is 21.0 Å². The summed E-state index contributed by atoms with van der Waals surface area (Å²) in [4.78, 5) is 0. The summed E-state index contributed by atoms with van der Waals surface area (Å²) in [6, 6.07) is 0. The van der Waals surface area contributed by atoms with Gasteiger partial charge >= 0.3 is 0 Å². The van der Waals surface area contributed by atoms with Crippen LogP contribution in [0.2, 0.25) is 0 Å². The molecule has 0 aromatic heterocycles. The van der Waals surface area contributed by atoms with E-state index in [1.807, 2.05) is 15.5 Å². The van der Waals surface area contributed by atoms with E-state index < -0.39 is 0 Å². The summed E-state index contributed by atoms with van der Waals surface area (Å²) >= 11 is 4.11. The first-order chi connectivity index (χ1) is 6.21. The van der Waals surface area contributed by atoms with Crippen LogP contribution in [-0.4, -0.2) is 36.5 Å². The van der Waals surface area contributed by atoms with Crippen molar-refractivity contribution in [3.05, 3.63) is 0 Å². The van der Waals surface area contributed by atoms with E-state index in [0.29, 0.717) is 9.49 Å². The number of hydrogen-bond donors (Lipinski definition) is 0. The molecule has 0 aromatic carbocycles. The lowest BCUT2D eigenvalue weighted by atomic mass is 9.81. The van der Waals surface area contributed by atoms with Crippen LogP contribution in [0.1, 0.15) is 41.5 Å². The molecule has 4 heteroatoms.